The molecule has 3 aliphatic rings. The van der Waals surface area contributed by atoms with Crippen LogP contribution in [0.15, 0.2) is 17.1 Å². The molecule has 3 heterocycles. The Morgan fingerprint density at radius 3 is 2.61 bits per heavy atom. The number of rotatable bonds is 4. The van der Waals surface area contributed by atoms with E-state index in [9.17, 15) is 14.7 Å². The number of methoxy groups -OCH3 is 1. The normalized spacial score (nSPS) is 23.5. The number of carbonyl (C=O) groups is 1. The molecule has 31 heavy (non-hydrogen) atoms. The highest BCUT2D eigenvalue weighted by Gasteiger charge is 2.40. The van der Waals surface area contributed by atoms with Crippen LogP contribution in [-0.2, 0) is 0 Å². The molecule has 2 saturated heterocycles. The molecular formula is C22H27ClFN3O4. The number of likely N-dealkylation sites (tertiary alicyclic amines) is 1. The number of piperidine rings is 1. The first kappa shape index (κ1) is 21.9. The molecule has 7 nitrogen and oxygen atoms in total. The van der Waals surface area contributed by atoms with Crippen molar-refractivity contribution in [2.45, 2.75) is 37.8 Å². The van der Waals surface area contributed by atoms with Gasteiger partial charge in [0.05, 0.1) is 18.0 Å². The number of nitrogens with zero attached hydrogens (tertiary/aromatic N) is 3. The van der Waals surface area contributed by atoms with Crippen LogP contribution in [-0.4, -0.2) is 60.4 Å². The van der Waals surface area contributed by atoms with Crippen molar-refractivity contribution in [1.82, 2.24) is 9.47 Å². The molecule has 1 aromatic carbocycles. The van der Waals surface area contributed by atoms with E-state index in [0.29, 0.717) is 35.5 Å². The van der Waals surface area contributed by atoms with Crippen LogP contribution in [0.2, 0.25) is 0 Å². The molecule has 1 aromatic heterocycles. The number of aromatic carboxylic acids is 1. The Hall–Kier alpha value is -2.32. The van der Waals surface area contributed by atoms with Gasteiger partial charge in [-0.15, -0.1) is 12.4 Å². The number of likely N-dealkylation sites (N-methyl/N-ethyl adjacent to an activating group) is 1. The first-order valence-electron chi connectivity index (χ1n) is 10.5. The van der Waals surface area contributed by atoms with Crippen LogP contribution in [0.4, 0.5) is 10.1 Å². The Balaban J connectivity index is 0.00000231. The second-order valence-electron chi connectivity index (χ2n) is 8.81. The van der Waals surface area contributed by atoms with Crippen molar-refractivity contribution in [2.24, 2.45) is 5.92 Å². The molecule has 0 amide bonds. The summed E-state index contributed by atoms with van der Waals surface area (Å²) in [5.74, 6) is -1.04. The van der Waals surface area contributed by atoms with Crippen LogP contribution >= 0.6 is 12.4 Å². The molecule has 168 valence electrons. The molecular weight excluding hydrogens is 425 g/mol. The number of ether oxygens (including phenoxy) is 1. The van der Waals surface area contributed by atoms with Crippen LogP contribution < -0.4 is 15.1 Å². The third-order valence-corrected chi connectivity index (χ3v) is 6.95. The number of hydrogen-bond acceptors (Lipinski definition) is 5. The van der Waals surface area contributed by atoms with Crippen molar-refractivity contribution in [3.8, 4) is 5.75 Å². The van der Waals surface area contributed by atoms with Gasteiger partial charge < -0.3 is 24.2 Å². The first-order valence-corrected chi connectivity index (χ1v) is 10.5. The van der Waals surface area contributed by atoms with E-state index in [2.05, 4.69) is 11.9 Å². The van der Waals surface area contributed by atoms with Crippen LogP contribution in [0.3, 0.4) is 0 Å². The number of aromatic nitrogens is 1. The molecule has 2 aliphatic heterocycles. The lowest BCUT2D eigenvalue weighted by Crippen LogP contribution is -2.42. The number of hydrogen-bond donors (Lipinski definition) is 1. The summed E-state index contributed by atoms with van der Waals surface area (Å²) in [6.07, 6.45) is 5.45. The fraction of sp³-hybridized carbons (Fsp3) is 0.545. The maximum Gasteiger partial charge on any atom is 0.341 e. The lowest BCUT2D eigenvalue weighted by Gasteiger charge is -2.33. The van der Waals surface area contributed by atoms with Crippen molar-refractivity contribution in [3.63, 3.8) is 0 Å². The van der Waals surface area contributed by atoms with Crippen LogP contribution in [0.1, 0.15) is 42.1 Å². The summed E-state index contributed by atoms with van der Waals surface area (Å²) < 4.78 is 22.9. The van der Waals surface area contributed by atoms with Crippen LogP contribution in [0.5, 0.6) is 5.75 Å². The summed E-state index contributed by atoms with van der Waals surface area (Å²) in [6, 6.07) is 1.68. The average molecular weight is 452 g/mol. The predicted octanol–water partition coefficient (Wildman–Crippen LogP) is 3.13. The van der Waals surface area contributed by atoms with E-state index in [1.807, 2.05) is 4.90 Å². The van der Waals surface area contributed by atoms with Gasteiger partial charge in [0.25, 0.3) is 0 Å². The zero-order valence-electron chi connectivity index (χ0n) is 17.6. The summed E-state index contributed by atoms with van der Waals surface area (Å²) in [5.41, 5.74) is -0.135. The highest BCUT2D eigenvalue weighted by atomic mass is 35.5. The summed E-state index contributed by atoms with van der Waals surface area (Å²) >= 11 is 0. The van der Waals surface area contributed by atoms with Crippen molar-refractivity contribution in [2.75, 3.05) is 38.7 Å². The van der Waals surface area contributed by atoms with Gasteiger partial charge in [0.2, 0.25) is 5.43 Å². The van der Waals surface area contributed by atoms with Crippen molar-refractivity contribution in [3.05, 3.63) is 33.9 Å². The van der Waals surface area contributed by atoms with Gasteiger partial charge in [-0.25, -0.2) is 9.18 Å². The standard InChI is InChI=1S/C22H26FN3O4.ClH/c1-24-7-3-4-12-9-25(11-17(12)24)19-16(23)8-14-18(21(19)30-2)26(13-5-6-13)10-15(20(14)27)22(28)29;/h8,10,12-13,17H,3-7,9,11H2,1-2H3,(H,28,29);1H/t12-,17-;/m0./s1. The highest BCUT2D eigenvalue weighted by molar-refractivity contribution is 5.97. The number of carboxylic acids is 1. The number of anilines is 1. The minimum absolute atomic E-state index is 0. The summed E-state index contributed by atoms with van der Waals surface area (Å²) in [6.45, 7) is 2.50. The Labute approximate surface area is 185 Å². The molecule has 2 aromatic rings. The summed E-state index contributed by atoms with van der Waals surface area (Å²) in [5, 5.41) is 9.53. The summed E-state index contributed by atoms with van der Waals surface area (Å²) in [4.78, 5) is 28.8. The Morgan fingerprint density at radius 1 is 1.26 bits per heavy atom. The molecule has 9 heteroatoms. The number of benzene rings is 1. The van der Waals surface area contributed by atoms with E-state index in [0.717, 1.165) is 38.8 Å². The number of fused-ring (bicyclic) bond motifs is 2. The molecule has 1 saturated carbocycles. The van der Waals surface area contributed by atoms with Gasteiger partial charge in [-0.1, -0.05) is 0 Å². The predicted molar refractivity (Wildman–Crippen MR) is 119 cm³/mol. The minimum Gasteiger partial charge on any atom is -0.492 e. The average Bonchev–Trinajstić information content (AvgIpc) is 3.46. The molecule has 0 unspecified atom stereocenters. The molecule has 0 radical (unpaired) electrons. The highest BCUT2D eigenvalue weighted by Crippen LogP contribution is 2.45. The second kappa shape index (κ2) is 7.98. The number of halogens is 2. The first-order chi connectivity index (χ1) is 14.4. The topological polar surface area (TPSA) is 75.0 Å². The van der Waals surface area contributed by atoms with E-state index in [1.54, 1.807) is 4.57 Å². The molecule has 2 atom stereocenters. The second-order valence-corrected chi connectivity index (χ2v) is 8.81. The number of pyridine rings is 1. The molecule has 1 N–H and O–H groups in total. The van der Waals surface area contributed by atoms with Crippen LogP contribution in [0, 0.1) is 11.7 Å². The smallest absolute Gasteiger partial charge is 0.341 e. The van der Waals surface area contributed by atoms with Gasteiger partial charge in [0.15, 0.2) is 11.6 Å². The zero-order valence-corrected chi connectivity index (χ0v) is 18.5. The third-order valence-electron chi connectivity index (χ3n) is 6.95. The third kappa shape index (κ3) is 3.46. The molecule has 0 bridgehead atoms. The lowest BCUT2D eigenvalue weighted by molar-refractivity contribution is 0.0695. The maximum atomic E-state index is 15.4. The Morgan fingerprint density at radius 2 is 2.00 bits per heavy atom. The van der Waals surface area contributed by atoms with E-state index >= 15 is 4.39 Å². The largest absolute Gasteiger partial charge is 0.492 e. The Bertz CT molecular complexity index is 1100. The minimum atomic E-state index is -1.30. The van der Waals surface area contributed by atoms with E-state index in [4.69, 9.17) is 4.74 Å². The van der Waals surface area contributed by atoms with Gasteiger partial charge in [-0.2, -0.15) is 0 Å². The zero-order chi connectivity index (χ0) is 21.2. The molecule has 3 fully saturated rings. The van der Waals surface area contributed by atoms with Gasteiger partial charge in [-0.3, -0.25) is 4.79 Å². The van der Waals surface area contributed by atoms with E-state index in [-0.39, 0.29) is 29.4 Å². The molecule has 5 rings (SSSR count). The van der Waals surface area contributed by atoms with Gasteiger partial charge in [-0.05, 0) is 51.3 Å². The molecule has 0 spiro atoms. The van der Waals surface area contributed by atoms with Crippen molar-refractivity contribution >= 4 is 35.0 Å². The quantitative estimate of drug-likeness (QED) is 0.769. The fourth-order valence-corrected chi connectivity index (χ4v) is 5.31. The monoisotopic (exact) mass is 451 g/mol. The summed E-state index contributed by atoms with van der Waals surface area (Å²) in [7, 11) is 3.60. The number of carboxylic acid groups (broad SMARTS) is 1. The van der Waals surface area contributed by atoms with Crippen LogP contribution in [0.25, 0.3) is 10.9 Å². The lowest BCUT2D eigenvalue weighted by atomic mass is 9.93. The van der Waals surface area contributed by atoms with Crippen molar-refractivity contribution in [1.29, 1.82) is 0 Å². The molecule has 1 aliphatic carbocycles. The Kier molecular flexibility index (Phi) is 5.64. The van der Waals surface area contributed by atoms with E-state index < -0.39 is 17.2 Å². The SMILES string of the molecule is COc1c(N2C[C@@H]3CCCN(C)[C@H]3C2)c(F)cc2c(=O)c(C(=O)O)cn(C3CC3)c12.Cl. The van der Waals surface area contributed by atoms with Gasteiger partial charge in [0, 0.05) is 31.4 Å². The van der Waals surface area contributed by atoms with Crippen molar-refractivity contribution < 1.29 is 19.0 Å². The van der Waals surface area contributed by atoms with Gasteiger partial charge >= 0.3 is 5.97 Å². The van der Waals surface area contributed by atoms with E-state index in [1.165, 1.54) is 19.4 Å². The fourth-order valence-electron chi connectivity index (χ4n) is 5.31. The van der Waals surface area contributed by atoms with Gasteiger partial charge in [0.1, 0.15) is 11.3 Å². The maximum absolute atomic E-state index is 15.4.